The fourth-order valence-electron chi connectivity index (χ4n) is 3.60. The number of hydrogen-bond acceptors (Lipinski definition) is 1. The molecule has 0 bridgehead atoms. The van der Waals surface area contributed by atoms with E-state index in [0.29, 0.717) is 11.8 Å². The Hall–Kier alpha value is -0.960. The van der Waals surface area contributed by atoms with Gasteiger partial charge in [0, 0.05) is 6.07 Å². The Morgan fingerprint density at radius 2 is 1.81 bits per heavy atom. The molecule has 2 rings (SSSR count). The zero-order chi connectivity index (χ0) is 15.2. The molecule has 1 saturated carbocycles. The maximum absolute atomic E-state index is 13.5. The minimum Gasteiger partial charge on any atom is -0.316 e. The summed E-state index contributed by atoms with van der Waals surface area (Å²) < 4.78 is 27.1. The summed E-state index contributed by atoms with van der Waals surface area (Å²) in [6.07, 6.45) is 5.71. The molecular weight excluding hydrogens is 268 g/mol. The lowest BCUT2D eigenvalue weighted by molar-refractivity contribution is 0.225. The van der Waals surface area contributed by atoms with Crippen molar-refractivity contribution in [1.29, 1.82) is 0 Å². The van der Waals surface area contributed by atoms with Crippen molar-refractivity contribution in [3.8, 4) is 0 Å². The molecule has 1 fully saturated rings. The highest BCUT2D eigenvalue weighted by atomic mass is 19.1. The second-order valence-electron chi connectivity index (χ2n) is 6.36. The number of hydrogen-bond donors (Lipinski definition) is 1. The first-order valence-electron chi connectivity index (χ1n) is 8.30. The molecule has 0 aromatic heterocycles. The van der Waals surface area contributed by atoms with E-state index < -0.39 is 11.6 Å². The van der Waals surface area contributed by atoms with E-state index in [1.807, 2.05) is 0 Å². The van der Waals surface area contributed by atoms with E-state index in [1.165, 1.54) is 18.6 Å². The zero-order valence-electron chi connectivity index (χ0n) is 13.2. The summed E-state index contributed by atoms with van der Waals surface area (Å²) in [6.45, 7) is 6.33. The van der Waals surface area contributed by atoms with Crippen LogP contribution < -0.4 is 5.32 Å². The summed E-state index contributed by atoms with van der Waals surface area (Å²) in [5.41, 5.74) is 0.842. The molecule has 0 radical (unpaired) electrons. The molecule has 1 aromatic carbocycles. The summed E-state index contributed by atoms with van der Waals surface area (Å²) in [6, 6.07) is 4.02. The van der Waals surface area contributed by atoms with Gasteiger partial charge in [0.2, 0.25) is 0 Å². The third kappa shape index (κ3) is 4.50. The fraction of sp³-hybridized carbons (Fsp3) is 0.667. The monoisotopic (exact) mass is 295 g/mol. The Labute approximate surface area is 127 Å². The van der Waals surface area contributed by atoms with Crippen LogP contribution >= 0.6 is 0 Å². The predicted molar refractivity (Wildman–Crippen MR) is 83.4 cm³/mol. The van der Waals surface area contributed by atoms with Gasteiger partial charge in [-0.1, -0.05) is 26.7 Å². The van der Waals surface area contributed by atoms with Crippen molar-refractivity contribution in [2.75, 3.05) is 13.1 Å². The number of benzene rings is 1. The van der Waals surface area contributed by atoms with E-state index in [1.54, 1.807) is 0 Å². The highest BCUT2D eigenvalue weighted by molar-refractivity contribution is 5.23. The summed E-state index contributed by atoms with van der Waals surface area (Å²) in [7, 11) is 0. The average Bonchev–Trinajstić information content (AvgIpc) is 2.46. The standard InChI is InChI=1S/C18H27F2N/c1-3-7-21-12-14-6-5-13(4-2)8-18(14)15-9-16(19)11-17(20)10-15/h9-11,13-14,18,21H,3-8,12H2,1-2H3. The molecular formula is C18H27F2N. The Balaban J connectivity index is 2.15. The lowest BCUT2D eigenvalue weighted by atomic mass is 9.70. The van der Waals surface area contributed by atoms with Gasteiger partial charge in [0.25, 0.3) is 0 Å². The molecule has 0 heterocycles. The van der Waals surface area contributed by atoms with Crippen LogP contribution in [0.15, 0.2) is 18.2 Å². The van der Waals surface area contributed by atoms with Gasteiger partial charge in [-0.15, -0.1) is 0 Å². The van der Waals surface area contributed by atoms with Crippen LogP contribution in [0.25, 0.3) is 0 Å². The second kappa shape index (κ2) is 7.88. The van der Waals surface area contributed by atoms with Crippen molar-refractivity contribution in [3.63, 3.8) is 0 Å². The molecule has 0 amide bonds. The van der Waals surface area contributed by atoms with Crippen LogP contribution in [0.5, 0.6) is 0 Å². The van der Waals surface area contributed by atoms with E-state index in [4.69, 9.17) is 0 Å². The fourth-order valence-corrected chi connectivity index (χ4v) is 3.60. The van der Waals surface area contributed by atoms with Gasteiger partial charge in [-0.2, -0.15) is 0 Å². The molecule has 3 unspecified atom stereocenters. The van der Waals surface area contributed by atoms with Crippen LogP contribution in [-0.4, -0.2) is 13.1 Å². The van der Waals surface area contributed by atoms with Crippen LogP contribution in [0, 0.1) is 23.5 Å². The first-order chi connectivity index (χ1) is 10.1. The first kappa shape index (κ1) is 16.4. The van der Waals surface area contributed by atoms with Gasteiger partial charge >= 0.3 is 0 Å². The lowest BCUT2D eigenvalue weighted by Gasteiger charge is -2.36. The molecule has 1 aliphatic carbocycles. The first-order valence-corrected chi connectivity index (χ1v) is 8.30. The van der Waals surface area contributed by atoms with Gasteiger partial charge in [0.15, 0.2) is 0 Å². The quantitative estimate of drug-likeness (QED) is 0.738. The smallest absolute Gasteiger partial charge is 0.126 e. The molecule has 0 aliphatic heterocycles. The molecule has 3 atom stereocenters. The van der Waals surface area contributed by atoms with Gasteiger partial charge in [0.1, 0.15) is 11.6 Å². The van der Waals surface area contributed by atoms with Crippen molar-refractivity contribution >= 4 is 0 Å². The maximum Gasteiger partial charge on any atom is 0.126 e. The molecule has 0 saturated heterocycles. The molecule has 3 heteroatoms. The number of nitrogens with one attached hydrogen (secondary N) is 1. The maximum atomic E-state index is 13.5. The van der Waals surface area contributed by atoms with Gasteiger partial charge in [-0.3, -0.25) is 0 Å². The van der Waals surface area contributed by atoms with Gasteiger partial charge in [-0.25, -0.2) is 8.78 Å². The van der Waals surface area contributed by atoms with Gasteiger partial charge in [-0.05, 0) is 67.8 Å². The molecule has 1 N–H and O–H groups in total. The van der Waals surface area contributed by atoms with E-state index in [9.17, 15) is 8.78 Å². The van der Waals surface area contributed by atoms with Crippen LogP contribution in [0.1, 0.15) is 57.4 Å². The van der Waals surface area contributed by atoms with Crippen molar-refractivity contribution in [2.24, 2.45) is 11.8 Å². The minimum atomic E-state index is -0.455. The zero-order valence-corrected chi connectivity index (χ0v) is 13.2. The highest BCUT2D eigenvalue weighted by Gasteiger charge is 2.31. The topological polar surface area (TPSA) is 12.0 Å². The molecule has 1 aromatic rings. The van der Waals surface area contributed by atoms with Crippen LogP contribution in [-0.2, 0) is 0 Å². The van der Waals surface area contributed by atoms with Gasteiger partial charge < -0.3 is 5.32 Å². The van der Waals surface area contributed by atoms with Crippen molar-refractivity contribution in [1.82, 2.24) is 5.32 Å². The third-order valence-electron chi connectivity index (χ3n) is 4.83. The molecule has 21 heavy (non-hydrogen) atoms. The van der Waals surface area contributed by atoms with E-state index in [2.05, 4.69) is 19.2 Å². The molecule has 118 valence electrons. The Kier molecular flexibility index (Phi) is 6.16. The highest BCUT2D eigenvalue weighted by Crippen LogP contribution is 2.41. The Morgan fingerprint density at radius 1 is 1.10 bits per heavy atom. The Morgan fingerprint density at radius 3 is 2.43 bits per heavy atom. The summed E-state index contributed by atoms with van der Waals surface area (Å²) in [5.74, 6) is 0.537. The summed E-state index contributed by atoms with van der Waals surface area (Å²) in [5, 5.41) is 3.48. The average molecular weight is 295 g/mol. The van der Waals surface area contributed by atoms with Crippen molar-refractivity contribution < 1.29 is 8.78 Å². The minimum absolute atomic E-state index is 0.276. The summed E-state index contributed by atoms with van der Waals surface area (Å²) >= 11 is 0. The predicted octanol–water partition coefficient (Wildman–Crippen LogP) is 4.87. The van der Waals surface area contributed by atoms with E-state index >= 15 is 0 Å². The third-order valence-corrected chi connectivity index (χ3v) is 4.83. The van der Waals surface area contributed by atoms with Crippen LogP contribution in [0.3, 0.4) is 0 Å². The van der Waals surface area contributed by atoms with Crippen LogP contribution in [0.2, 0.25) is 0 Å². The molecule has 1 nitrogen and oxygen atoms in total. The van der Waals surface area contributed by atoms with E-state index in [0.717, 1.165) is 50.4 Å². The Bertz CT molecular complexity index is 425. The second-order valence-corrected chi connectivity index (χ2v) is 6.36. The lowest BCUT2D eigenvalue weighted by Crippen LogP contribution is -2.32. The normalized spacial score (nSPS) is 26.0. The summed E-state index contributed by atoms with van der Waals surface area (Å²) in [4.78, 5) is 0. The number of halogens is 2. The molecule has 0 spiro atoms. The SMILES string of the molecule is CCCNCC1CCC(CC)CC1c1cc(F)cc(F)c1. The van der Waals surface area contributed by atoms with Gasteiger partial charge in [0.05, 0.1) is 0 Å². The largest absolute Gasteiger partial charge is 0.316 e. The van der Waals surface area contributed by atoms with E-state index in [-0.39, 0.29) is 5.92 Å². The van der Waals surface area contributed by atoms with Crippen molar-refractivity contribution in [3.05, 3.63) is 35.4 Å². The molecule has 1 aliphatic rings. The van der Waals surface area contributed by atoms with Crippen molar-refractivity contribution in [2.45, 2.75) is 51.9 Å². The number of rotatable bonds is 6. The van der Waals surface area contributed by atoms with Crippen LogP contribution in [0.4, 0.5) is 8.78 Å².